The second-order valence-corrected chi connectivity index (χ2v) is 9.50. The Balaban J connectivity index is 1.50. The van der Waals surface area contributed by atoms with Gasteiger partial charge in [0.2, 0.25) is 11.8 Å². The SMILES string of the molecule is CC(C)CCNC(=O)C1(C)CCC(=O)N1CCN1CCN(c2cccc(Cl)c2)CC1. The van der Waals surface area contributed by atoms with Gasteiger partial charge in [0.1, 0.15) is 5.54 Å². The number of anilines is 1. The fourth-order valence-corrected chi connectivity index (χ4v) is 4.50. The van der Waals surface area contributed by atoms with Crippen molar-refractivity contribution in [2.75, 3.05) is 50.7 Å². The molecule has 3 rings (SSSR count). The number of hydrogen-bond acceptors (Lipinski definition) is 4. The molecule has 6 nitrogen and oxygen atoms in total. The van der Waals surface area contributed by atoms with Gasteiger partial charge < -0.3 is 15.1 Å². The molecule has 0 aliphatic carbocycles. The van der Waals surface area contributed by atoms with Gasteiger partial charge in [-0.3, -0.25) is 14.5 Å². The molecule has 0 spiro atoms. The zero-order valence-electron chi connectivity index (χ0n) is 18.5. The summed E-state index contributed by atoms with van der Waals surface area (Å²) < 4.78 is 0. The summed E-state index contributed by atoms with van der Waals surface area (Å²) in [5.41, 5.74) is 0.430. The van der Waals surface area contributed by atoms with E-state index in [1.165, 1.54) is 0 Å². The van der Waals surface area contributed by atoms with Crippen molar-refractivity contribution < 1.29 is 9.59 Å². The molecular weight excluding hydrogens is 400 g/mol. The van der Waals surface area contributed by atoms with Crippen LogP contribution in [-0.4, -0.2) is 73.0 Å². The van der Waals surface area contributed by atoms with Crippen molar-refractivity contribution >= 4 is 29.1 Å². The van der Waals surface area contributed by atoms with E-state index in [9.17, 15) is 9.59 Å². The lowest BCUT2D eigenvalue weighted by atomic mass is 9.97. The van der Waals surface area contributed by atoms with E-state index in [0.717, 1.165) is 49.9 Å². The summed E-state index contributed by atoms with van der Waals surface area (Å²) >= 11 is 6.12. The summed E-state index contributed by atoms with van der Waals surface area (Å²) in [5, 5.41) is 3.81. The van der Waals surface area contributed by atoms with E-state index < -0.39 is 5.54 Å². The summed E-state index contributed by atoms with van der Waals surface area (Å²) in [5.74, 6) is 0.624. The molecule has 2 aliphatic rings. The van der Waals surface area contributed by atoms with Crippen LogP contribution in [0, 0.1) is 5.92 Å². The van der Waals surface area contributed by atoms with Crippen LogP contribution in [0.4, 0.5) is 5.69 Å². The highest BCUT2D eigenvalue weighted by Gasteiger charge is 2.46. The summed E-state index contributed by atoms with van der Waals surface area (Å²) in [4.78, 5) is 31.9. The van der Waals surface area contributed by atoms with Gasteiger partial charge >= 0.3 is 0 Å². The fourth-order valence-electron chi connectivity index (χ4n) is 4.31. The molecule has 0 bridgehead atoms. The molecule has 2 heterocycles. The standard InChI is InChI=1S/C23H35ClN4O2/c1-18(2)8-10-25-22(30)23(3)9-7-21(29)28(23)16-13-26-11-14-27(15-12-26)20-6-4-5-19(24)17-20/h4-6,17-18H,7-16H2,1-3H3,(H,25,30). The molecule has 166 valence electrons. The normalized spacial score (nSPS) is 22.8. The van der Waals surface area contributed by atoms with E-state index in [1.54, 1.807) is 4.90 Å². The Kier molecular flexibility index (Phi) is 7.64. The van der Waals surface area contributed by atoms with Gasteiger partial charge in [0, 0.05) is 62.9 Å². The van der Waals surface area contributed by atoms with E-state index in [0.29, 0.717) is 31.8 Å². The molecule has 1 N–H and O–H groups in total. The maximum absolute atomic E-state index is 12.8. The average molecular weight is 435 g/mol. The Labute approximate surface area is 185 Å². The zero-order chi connectivity index (χ0) is 21.7. The number of carbonyl (C=O) groups is 2. The molecule has 2 saturated heterocycles. The molecule has 1 atom stereocenters. The van der Waals surface area contributed by atoms with Gasteiger partial charge in [0.25, 0.3) is 0 Å². The molecule has 7 heteroatoms. The van der Waals surface area contributed by atoms with E-state index >= 15 is 0 Å². The molecule has 0 aromatic heterocycles. The number of likely N-dealkylation sites (tertiary alicyclic amines) is 1. The second-order valence-electron chi connectivity index (χ2n) is 9.07. The highest BCUT2D eigenvalue weighted by Crippen LogP contribution is 2.30. The predicted molar refractivity (Wildman–Crippen MR) is 122 cm³/mol. The largest absolute Gasteiger partial charge is 0.369 e. The van der Waals surface area contributed by atoms with Crippen LogP contribution in [0.25, 0.3) is 0 Å². The number of nitrogens with zero attached hydrogens (tertiary/aromatic N) is 3. The molecule has 0 radical (unpaired) electrons. The van der Waals surface area contributed by atoms with E-state index in [2.05, 4.69) is 35.0 Å². The number of nitrogens with one attached hydrogen (secondary N) is 1. The lowest BCUT2D eigenvalue weighted by Gasteiger charge is -2.39. The lowest BCUT2D eigenvalue weighted by Crippen LogP contribution is -2.57. The maximum atomic E-state index is 12.8. The summed E-state index contributed by atoms with van der Waals surface area (Å²) in [6, 6.07) is 7.97. The number of rotatable bonds is 8. The highest BCUT2D eigenvalue weighted by atomic mass is 35.5. The van der Waals surface area contributed by atoms with Gasteiger partial charge in [0.05, 0.1) is 0 Å². The van der Waals surface area contributed by atoms with Crippen LogP contribution in [0.15, 0.2) is 24.3 Å². The van der Waals surface area contributed by atoms with Crippen molar-refractivity contribution in [2.45, 2.75) is 45.6 Å². The van der Waals surface area contributed by atoms with E-state index in [1.807, 2.05) is 25.1 Å². The molecule has 2 fully saturated rings. The molecule has 1 aromatic rings. The Hall–Kier alpha value is -1.79. The van der Waals surface area contributed by atoms with Gasteiger partial charge in [-0.25, -0.2) is 0 Å². The molecule has 0 saturated carbocycles. The monoisotopic (exact) mass is 434 g/mol. The Bertz CT molecular complexity index is 748. The van der Waals surface area contributed by atoms with Crippen molar-refractivity contribution in [1.82, 2.24) is 15.1 Å². The van der Waals surface area contributed by atoms with E-state index in [-0.39, 0.29) is 11.8 Å². The van der Waals surface area contributed by atoms with Crippen LogP contribution in [-0.2, 0) is 9.59 Å². The van der Waals surface area contributed by atoms with Crippen molar-refractivity contribution in [3.05, 3.63) is 29.3 Å². The molecule has 2 aliphatic heterocycles. The van der Waals surface area contributed by atoms with Crippen molar-refractivity contribution in [3.63, 3.8) is 0 Å². The third kappa shape index (κ3) is 5.46. The first-order chi connectivity index (χ1) is 14.3. The minimum absolute atomic E-state index is 0.0141. The number of halogens is 1. The van der Waals surface area contributed by atoms with Crippen LogP contribution in [0.1, 0.15) is 40.0 Å². The van der Waals surface area contributed by atoms with Gasteiger partial charge in [-0.05, 0) is 43.9 Å². The molecule has 2 amide bonds. The third-order valence-electron chi connectivity index (χ3n) is 6.40. The number of benzene rings is 1. The Morgan fingerprint density at radius 1 is 1.20 bits per heavy atom. The van der Waals surface area contributed by atoms with Gasteiger partial charge in [-0.1, -0.05) is 31.5 Å². The maximum Gasteiger partial charge on any atom is 0.245 e. The van der Waals surface area contributed by atoms with Crippen LogP contribution in [0.2, 0.25) is 5.02 Å². The smallest absolute Gasteiger partial charge is 0.245 e. The molecule has 30 heavy (non-hydrogen) atoms. The predicted octanol–water partition coefficient (Wildman–Crippen LogP) is 3.01. The van der Waals surface area contributed by atoms with Crippen molar-refractivity contribution in [1.29, 1.82) is 0 Å². The molecule has 1 unspecified atom stereocenters. The Morgan fingerprint density at radius 3 is 2.60 bits per heavy atom. The minimum Gasteiger partial charge on any atom is -0.369 e. The van der Waals surface area contributed by atoms with Gasteiger partial charge in [-0.2, -0.15) is 0 Å². The molecular formula is C23H35ClN4O2. The van der Waals surface area contributed by atoms with Gasteiger partial charge in [0.15, 0.2) is 0 Å². The number of hydrogen-bond donors (Lipinski definition) is 1. The van der Waals surface area contributed by atoms with Crippen molar-refractivity contribution in [3.8, 4) is 0 Å². The second kappa shape index (κ2) is 10.0. The van der Waals surface area contributed by atoms with E-state index in [4.69, 9.17) is 11.6 Å². The van der Waals surface area contributed by atoms with Gasteiger partial charge in [-0.15, -0.1) is 0 Å². The number of carbonyl (C=O) groups excluding carboxylic acids is 2. The topological polar surface area (TPSA) is 55.9 Å². The van der Waals surface area contributed by atoms with Crippen LogP contribution < -0.4 is 10.2 Å². The first-order valence-corrected chi connectivity index (χ1v) is 11.5. The van der Waals surface area contributed by atoms with Crippen LogP contribution >= 0.6 is 11.6 Å². The summed E-state index contributed by atoms with van der Waals surface area (Å²) in [7, 11) is 0. The fraction of sp³-hybridized carbons (Fsp3) is 0.652. The first kappa shape index (κ1) is 22.9. The quantitative estimate of drug-likeness (QED) is 0.683. The number of piperazine rings is 1. The minimum atomic E-state index is -0.726. The molecule has 1 aromatic carbocycles. The first-order valence-electron chi connectivity index (χ1n) is 11.1. The average Bonchev–Trinajstić information content (AvgIpc) is 3.01. The summed E-state index contributed by atoms with van der Waals surface area (Å²) in [6.45, 7) is 12.0. The van der Waals surface area contributed by atoms with Crippen LogP contribution in [0.5, 0.6) is 0 Å². The zero-order valence-corrected chi connectivity index (χ0v) is 19.2. The van der Waals surface area contributed by atoms with Crippen molar-refractivity contribution in [2.24, 2.45) is 5.92 Å². The summed E-state index contributed by atoms with van der Waals surface area (Å²) in [6.07, 6.45) is 2.01. The van der Waals surface area contributed by atoms with Crippen LogP contribution in [0.3, 0.4) is 0 Å². The Morgan fingerprint density at radius 2 is 1.93 bits per heavy atom. The highest BCUT2D eigenvalue weighted by molar-refractivity contribution is 6.30. The lowest BCUT2D eigenvalue weighted by molar-refractivity contribution is -0.140. The number of amides is 2. The third-order valence-corrected chi connectivity index (χ3v) is 6.64.